The molecule has 1 aliphatic rings. The molecule has 21 heavy (non-hydrogen) atoms. The van der Waals surface area contributed by atoms with Crippen molar-refractivity contribution in [2.75, 3.05) is 11.9 Å². The zero-order chi connectivity index (χ0) is 14.8. The van der Waals surface area contributed by atoms with Crippen LogP contribution in [-0.2, 0) is 7.05 Å². The Kier molecular flexibility index (Phi) is 4.00. The van der Waals surface area contributed by atoms with E-state index >= 15 is 0 Å². The van der Waals surface area contributed by atoms with Crippen molar-refractivity contribution in [3.05, 3.63) is 40.7 Å². The number of hydrogen-bond donors (Lipinski definition) is 1. The van der Waals surface area contributed by atoms with Crippen molar-refractivity contribution in [2.24, 2.45) is 18.9 Å². The molecule has 1 aromatic carbocycles. The molecule has 0 aliphatic heterocycles. The summed E-state index contributed by atoms with van der Waals surface area (Å²) in [5, 5.41) is 4.66. The molecule has 1 saturated carbocycles. The molecule has 0 amide bonds. The third kappa shape index (κ3) is 2.97. The smallest absolute Gasteiger partial charge is 0.252 e. The number of fused-ring (bicyclic) bond motifs is 1. The van der Waals surface area contributed by atoms with Crippen LogP contribution >= 0.6 is 0 Å². The molecule has 2 unspecified atom stereocenters. The van der Waals surface area contributed by atoms with Crippen LogP contribution in [0.15, 0.2) is 35.1 Å². The molecule has 0 bridgehead atoms. The van der Waals surface area contributed by atoms with Gasteiger partial charge in [-0.3, -0.25) is 4.79 Å². The largest absolute Gasteiger partial charge is 0.384 e. The summed E-state index contributed by atoms with van der Waals surface area (Å²) < 4.78 is 1.71. The molecule has 1 N–H and O–H groups in total. The number of pyridine rings is 1. The Balaban J connectivity index is 1.84. The van der Waals surface area contributed by atoms with Crippen molar-refractivity contribution in [3.63, 3.8) is 0 Å². The van der Waals surface area contributed by atoms with E-state index in [1.165, 1.54) is 25.7 Å². The van der Waals surface area contributed by atoms with Crippen LogP contribution < -0.4 is 10.9 Å². The molecular weight excluding hydrogens is 260 g/mol. The Morgan fingerprint density at radius 1 is 1.29 bits per heavy atom. The molecule has 2 aromatic rings. The third-order valence-electron chi connectivity index (χ3n) is 4.78. The Morgan fingerprint density at radius 2 is 2.10 bits per heavy atom. The van der Waals surface area contributed by atoms with E-state index in [0.717, 1.165) is 35.0 Å². The van der Waals surface area contributed by atoms with Gasteiger partial charge in [0.25, 0.3) is 5.56 Å². The Bertz CT molecular complexity index is 689. The number of nitrogens with zero attached hydrogens (tertiary/aromatic N) is 1. The summed E-state index contributed by atoms with van der Waals surface area (Å²) in [5.74, 6) is 1.57. The lowest BCUT2D eigenvalue weighted by atomic mass is 9.82. The molecule has 1 fully saturated rings. The minimum Gasteiger partial charge on any atom is -0.384 e. The third-order valence-corrected chi connectivity index (χ3v) is 4.78. The number of para-hydroxylation sites is 1. The maximum absolute atomic E-state index is 12.1. The van der Waals surface area contributed by atoms with Gasteiger partial charge in [-0.15, -0.1) is 0 Å². The number of rotatable bonds is 3. The maximum Gasteiger partial charge on any atom is 0.252 e. The number of aryl methyl sites for hydroxylation is 1. The van der Waals surface area contributed by atoms with Gasteiger partial charge in [0.05, 0.1) is 5.52 Å². The second-order valence-electron chi connectivity index (χ2n) is 6.49. The number of aromatic nitrogens is 1. The fourth-order valence-electron chi connectivity index (χ4n) is 3.56. The zero-order valence-corrected chi connectivity index (χ0v) is 12.9. The first-order valence-electron chi connectivity index (χ1n) is 7.98. The quantitative estimate of drug-likeness (QED) is 0.930. The number of benzene rings is 1. The first kappa shape index (κ1) is 14.2. The first-order valence-corrected chi connectivity index (χ1v) is 7.98. The van der Waals surface area contributed by atoms with Crippen LogP contribution in [0.2, 0.25) is 0 Å². The Morgan fingerprint density at radius 3 is 2.90 bits per heavy atom. The molecule has 3 rings (SSSR count). The van der Waals surface area contributed by atoms with Crippen molar-refractivity contribution < 1.29 is 0 Å². The average Bonchev–Trinajstić information content (AvgIpc) is 2.50. The van der Waals surface area contributed by atoms with Gasteiger partial charge in [0.15, 0.2) is 0 Å². The highest BCUT2D eigenvalue weighted by Gasteiger charge is 2.18. The molecule has 3 heteroatoms. The second-order valence-corrected chi connectivity index (χ2v) is 6.49. The standard InChI is InChI=1S/C18H24N2O/c1-13-6-5-7-14(10-13)12-19-16-11-18(21)20(2)17-9-4-3-8-15(16)17/h3-4,8-9,11,13-14,19H,5-7,10,12H2,1-2H3. The van der Waals surface area contributed by atoms with Gasteiger partial charge in [-0.2, -0.15) is 0 Å². The molecule has 1 aliphatic carbocycles. The van der Waals surface area contributed by atoms with Gasteiger partial charge < -0.3 is 9.88 Å². The number of hydrogen-bond acceptors (Lipinski definition) is 2. The van der Waals surface area contributed by atoms with Crippen molar-refractivity contribution in [2.45, 2.75) is 32.6 Å². The van der Waals surface area contributed by atoms with Crippen molar-refractivity contribution in [3.8, 4) is 0 Å². The summed E-state index contributed by atoms with van der Waals surface area (Å²) in [6.45, 7) is 3.32. The summed E-state index contributed by atoms with van der Waals surface area (Å²) in [7, 11) is 1.83. The SMILES string of the molecule is CC1CCCC(CNc2cc(=O)n(C)c3ccccc23)C1. The van der Waals surface area contributed by atoms with E-state index in [2.05, 4.69) is 18.3 Å². The number of anilines is 1. The van der Waals surface area contributed by atoms with Gasteiger partial charge in [0, 0.05) is 30.7 Å². The Labute approximate surface area is 126 Å². The fourth-order valence-corrected chi connectivity index (χ4v) is 3.56. The van der Waals surface area contributed by atoms with Crippen LogP contribution in [0.5, 0.6) is 0 Å². The normalized spacial score (nSPS) is 22.4. The van der Waals surface area contributed by atoms with Crippen LogP contribution in [0.3, 0.4) is 0 Å². The average molecular weight is 284 g/mol. The molecule has 0 spiro atoms. The maximum atomic E-state index is 12.1. The minimum atomic E-state index is 0.0493. The fraction of sp³-hybridized carbons (Fsp3) is 0.500. The predicted octanol–water partition coefficient (Wildman–Crippen LogP) is 3.78. The van der Waals surface area contributed by atoms with Crippen molar-refractivity contribution in [1.82, 2.24) is 4.57 Å². The summed E-state index contributed by atoms with van der Waals surface area (Å²) in [5.41, 5.74) is 2.02. The minimum absolute atomic E-state index is 0.0493. The highest BCUT2D eigenvalue weighted by Crippen LogP contribution is 2.29. The summed E-state index contributed by atoms with van der Waals surface area (Å²) in [6, 6.07) is 9.83. The molecule has 0 saturated heterocycles. The van der Waals surface area contributed by atoms with Gasteiger partial charge in [0.2, 0.25) is 0 Å². The first-order chi connectivity index (χ1) is 10.1. The van der Waals surface area contributed by atoms with E-state index in [0.29, 0.717) is 0 Å². The monoisotopic (exact) mass is 284 g/mol. The van der Waals surface area contributed by atoms with Crippen LogP contribution in [0.1, 0.15) is 32.6 Å². The summed E-state index contributed by atoms with van der Waals surface area (Å²) in [6.07, 6.45) is 5.31. The van der Waals surface area contributed by atoms with Gasteiger partial charge in [-0.05, 0) is 30.7 Å². The Hall–Kier alpha value is -1.77. The molecule has 1 aromatic heterocycles. The van der Waals surface area contributed by atoms with Gasteiger partial charge in [0.1, 0.15) is 0 Å². The highest BCUT2D eigenvalue weighted by atomic mass is 16.1. The molecular formula is C18H24N2O. The molecule has 0 radical (unpaired) electrons. The lowest BCUT2D eigenvalue weighted by Crippen LogP contribution is -2.23. The molecule has 112 valence electrons. The zero-order valence-electron chi connectivity index (χ0n) is 12.9. The lowest BCUT2D eigenvalue weighted by Gasteiger charge is -2.27. The lowest BCUT2D eigenvalue weighted by molar-refractivity contribution is 0.293. The van der Waals surface area contributed by atoms with E-state index in [4.69, 9.17) is 0 Å². The number of nitrogens with one attached hydrogen (secondary N) is 1. The molecule has 2 atom stereocenters. The van der Waals surface area contributed by atoms with Gasteiger partial charge in [-0.25, -0.2) is 0 Å². The van der Waals surface area contributed by atoms with Crippen LogP contribution in [0.25, 0.3) is 10.9 Å². The van der Waals surface area contributed by atoms with Crippen molar-refractivity contribution in [1.29, 1.82) is 0 Å². The highest BCUT2D eigenvalue weighted by molar-refractivity contribution is 5.91. The van der Waals surface area contributed by atoms with Gasteiger partial charge in [-0.1, -0.05) is 38.0 Å². The van der Waals surface area contributed by atoms with E-state index in [-0.39, 0.29) is 5.56 Å². The summed E-state index contributed by atoms with van der Waals surface area (Å²) in [4.78, 5) is 12.1. The van der Waals surface area contributed by atoms with Crippen LogP contribution in [0, 0.1) is 11.8 Å². The molecule has 1 heterocycles. The predicted molar refractivity (Wildman–Crippen MR) is 88.8 cm³/mol. The van der Waals surface area contributed by atoms with Crippen molar-refractivity contribution >= 4 is 16.6 Å². The van der Waals surface area contributed by atoms with Crippen LogP contribution in [0.4, 0.5) is 5.69 Å². The van der Waals surface area contributed by atoms with Gasteiger partial charge >= 0.3 is 0 Å². The van der Waals surface area contributed by atoms with E-state index < -0.39 is 0 Å². The molecule has 3 nitrogen and oxygen atoms in total. The van der Waals surface area contributed by atoms with E-state index in [1.54, 1.807) is 10.6 Å². The van der Waals surface area contributed by atoms with E-state index in [9.17, 15) is 4.79 Å². The van der Waals surface area contributed by atoms with E-state index in [1.807, 2.05) is 25.2 Å². The second kappa shape index (κ2) is 5.92. The van der Waals surface area contributed by atoms with Crippen LogP contribution in [-0.4, -0.2) is 11.1 Å². The summed E-state index contributed by atoms with van der Waals surface area (Å²) >= 11 is 0. The topological polar surface area (TPSA) is 34.0 Å².